The molecule has 2 amide bonds. The van der Waals surface area contributed by atoms with Crippen LogP contribution in [0.3, 0.4) is 0 Å². The van der Waals surface area contributed by atoms with Crippen LogP contribution < -0.4 is 16.4 Å². The number of carbonyl (C=O) groups excluding carboxylic acids is 2. The molecule has 1 heterocycles. The summed E-state index contributed by atoms with van der Waals surface area (Å²) < 4.78 is 5.21. The highest BCUT2D eigenvalue weighted by Gasteiger charge is 2.29. The second kappa shape index (κ2) is 6.57. The zero-order valence-electron chi connectivity index (χ0n) is 14.6. The summed E-state index contributed by atoms with van der Waals surface area (Å²) in [7, 11) is 0. The van der Waals surface area contributed by atoms with Crippen LogP contribution in [0.4, 0.5) is 5.69 Å². The van der Waals surface area contributed by atoms with Crippen LogP contribution in [-0.4, -0.2) is 29.1 Å². The Kier molecular flexibility index (Phi) is 4.24. The number of nitrogens with one attached hydrogen (secondary N) is 2. The number of hydrogen-bond donors (Lipinski definition) is 3. The van der Waals surface area contributed by atoms with Crippen molar-refractivity contribution in [2.24, 2.45) is 5.73 Å². The molecule has 7 nitrogen and oxygen atoms in total. The molecule has 0 unspecified atom stereocenters. The average molecular weight is 354 g/mol. The Balaban J connectivity index is 1.40. The minimum atomic E-state index is -0.319. The van der Waals surface area contributed by atoms with E-state index in [0.717, 1.165) is 37.0 Å². The normalized spacial score (nSPS) is 21.8. The maximum absolute atomic E-state index is 12.3. The molecule has 2 saturated carbocycles. The van der Waals surface area contributed by atoms with Gasteiger partial charge in [-0.2, -0.15) is 0 Å². The summed E-state index contributed by atoms with van der Waals surface area (Å²) in [6.07, 6.45) is 3.82. The molecule has 2 aliphatic rings. The fraction of sp³-hybridized carbons (Fsp3) is 0.421. The predicted molar refractivity (Wildman–Crippen MR) is 96.1 cm³/mol. The van der Waals surface area contributed by atoms with Crippen molar-refractivity contribution in [1.82, 2.24) is 10.5 Å². The van der Waals surface area contributed by atoms with Gasteiger partial charge in [0.05, 0.1) is 0 Å². The van der Waals surface area contributed by atoms with Gasteiger partial charge in [0.2, 0.25) is 0 Å². The van der Waals surface area contributed by atoms with Gasteiger partial charge >= 0.3 is 0 Å². The molecule has 0 aliphatic heterocycles. The lowest BCUT2D eigenvalue weighted by atomic mass is 9.87. The molecule has 26 heavy (non-hydrogen) atoms. The van der Waals surface area contributed by atoms with Crippen LogP contribution in [0.1, 0.15) is 63.8 Å². The van der Waals surface area contributed by atoms with Crippen molar-refractivity contribution in [3.8, 4) is 0 Å². The molecular formula is C19H22N4O3. The lowest BCUT2D eigenvalue weighted by molar-refractivity contribution is 0.0909. The largest absolute Gasteiger partial charge is 0.360 e. The van der Waals surface area contributed by atoms with Crippen LogP contribution in [0.2, 0.25) is 0 Å². The monoisotopic (exact) mass is 354 g/mol. The fourth-order valence-corrected chi connectivity index (χ4v) is 3.19. The minimum Gasteiger partial charge on any atom is -0.360 e. The molecule has 0 spiro atoms. The zero-order chi connectivity index (χ0) is 18.3. The zero-order valence-corrected chi connectivity index (χ0v) is 14.6. The molecule has 0 bridgehead atoms. The van der Waals surface area contributed by atoms with Crippen LogP contribution in [0.5, 0.6) is 0 Å². The standard InChI is InChI=1S/C19H22N4O3/c1-10-6-13(4-5-15(10)18(24)22-14-7-12(20)8-14)21-19(25)16-9-17(26-23-16)11-2-3-11/h4-6,9,11-12,14H,2-3,7-8,20H2,1H3,(H,21,25)(H,22,24). The van der Waals surface area contributed by atoms with Gasteiger partial charge in [-0.25, -0.2) is 0 Å². The molecular weight excluding hydrogens is 332 g/mol. The number of hydrogen-bond acceptors (Lipinski definition) is 5. The quantitative estimate of drug-likeness (QED) is 0.763. The smallest absolute Gasteiger partial charge is 0.277 e. The van der Waals surface area contributed by atoms with E-state index in [9.17, 15) is 9.59 Å². The first-order chi connectivity index (χ1) is 12.5. The maximum atomic E-state index is 12.3. The molecule has 136 valence electrons. The highest BCUT2D eigenvalue weighted by Crippen LogP contribution is 2.40. The minimum absolute atomic E-state index is 0.108. The average Bonchev–Trinajstić information content (AvgIpc) is 3.30. The SMILES string of the molecule is Cc1cc(NC(=O)c2cc(C3CC3)on2)ccc1C(=O)NC1CC(N)C1. The number of nitrogens with two attached hydrogens (primary N) is 1. The second-order valence-electron chi connectivity index (χ2n) is 7.27. The third kappa shape index (κ3) is 3.48. The topological polar surface area (TPSA) is 110 Å². The van der Waals surface area contributed by atoms with Crippen molar-refractivity contribution in [1.29, 1.82) is 0 Å². The lowest BCUT2D eigenvalue weighted by Crippen LogP contribution is -2.50. The number of amides is 2. The summed E-state index contributed by atoms with van der Waals surface area (Å²) in [4.78, 5) is 24.6. The third-order valence-electron chi connectivity index (χ3n) is 4.98. The van der Waals surface area contributed by atoms with Crippen molar-refractivity contribution in [2.75, 3.05) is 5.32 Å². The molecule has 2 aromatic rings. The molecule has 4 N–H and O–H groups in total. The van der Waals surface area contributed by atoms with Crippen molar-refractivity contribution < 1.29 is 14.1 Å². The summed E-state index contributed by atoms with van der Waals surface area (Å²) in [5, 5.41) is 9.61. The van der Waals surface area contributed by atoms with Gasteiger partial charge in [0.1, 0.15) is 5.76 Å². The van der Waals surface area contributed by atoms with Gasteiger partial charge in [-0.15, -0.1) is 0 Å². The van der Waals surface area contributed by atoms with E-state index in [1.54, 1.807) is 24.3 Å². The highest BCUT2D eigenvalue weighted by molar-refractivity contribution is 6.03. The molecule has 0 radical (unpaired) electrons. The lowest BCUT2D eigenvalue weighted by Gasteiger charge is -2.33. The van der Waals surface area contributed by atoms with Crippen molar-refractivity contribution >= 4 is 17.5 Å². The maximum Gasteiger partial charge on any atom is 0.277 e. The van der Waals surface area contributed by atoms with Gasteiger partial charge in [-0.05, 0) is 56.4 Å². The Labute approximate surface area is 151 Å². The highest BCUT2D eigenvalue weighted by atomic mass is 16.5. The van der Waals surface area contributed by atoms with Crippen molar-refractivity contribution in [2.45, 2.75) is 50.6 Å². The first kappa shape index (κ1) is 16.8. The number of nitrogens with zero attached hydrogens (tertiary/aromatic N) is 1. The first-order valence-electron chi connectivity index (χ1n) is 8.94. The molecule has 7 heteroatoms. The van der Waals surface area contributed by atoms with Crippen LogP contribution in [0.25, 0.3) is 0 Å². The van der Waals surface area contributed by atoms with Gasteiger partial charge in [0, 0.05) is 35.3 Å². The van der Waals surface area contributed by atoms with E-state index in [1.165, 1.54) is 0 Å². The number of rotatable bonds is 5. The van der Waals surface area contributed by atoms with Crippen molar-refractivity contribution in [3.63, 3.8) is 0 Å². The van der Waals surface area contributed by atoms with Crippen LogP contribution in [0.15, 0.2) is 28.8 Å². The summed E-state index contributed by atoms with van der Waals surface area (Å²) in [5.74, 6) is 0.756. The first-order valence-corrected chi connectivity index (χ1v) is 8.94. The van der Waals surface area contributed by atoms with E-state index in [2.05, 4.69) is 15.8 Å². The van der Waals surface area contributed by atoms with Crippen LogP contribution in [0, 0.1) is 6.92 Å². The Morgan fingerprint density at radius 1 is 1.19 bits per heavy atom. The van der Waals surface area contributed by atoms with Gasteiger partial charge in [-0.1, -0.05) is 5.16 Å². The van der Waals surface area contributed by atoms with E-state index in [-0.39, 0.29) is 29.6 Å². The fourth-order valence-electron chi connectivity index (χ4n) is 3.19. The van der Waals surface area contributed by atoms with Crippen LogP contribution in [-0.2, 0) is 0 Å². The molecule has 2 fully saturated rings. The molecule has 1 aromatic heterocycles. The van der Waals surface area contributed by atoms with Crippen LogP contribution >= 0.6 is 0 Å². The van der Waals surface area contributed by atoms with Gasteiger partial charge in [0.15, 0.2) is 5.69 Å². The second-order valence-corrected chi connectivity index (χ2v) is 7.27. The summed E-state index contributed by atoms with van der Waals surface area (Å²) in [6.45, 7) is 1.85. The molecule has 1 aromatic carbocycles. The number of anilines is 1. The number of aromatic nitrogens is 1. The number of aryl methyl sites for hydroxylation is 1. The van der Waals surface area contributed by atoms with Gasteiger partial charge in [0.25, 0.3) is 11.8 Å². The predicted octanol–water partition coefficient (Wildman–Crippen LogP) is 2.33. The Morgan fingerprint density at radius 3 is 2.62 bits per heavy atom. The molecule has 0 atom stereocenters. The van der Waals surface area contributed by atoms with Crippen molar-refractivity contribution in [3.05, 3.63) is 46.8 Å². The van der Waals surface area contributed by atoms with Gasteiger partial charge in [-0.3, -0.25) is 9.59 Å². The molecule has 0 saturated heterocycles. The van der Waals surface area contributed by atoms with Gasteiger partial charge < -0.3 is 20.9 Å². The molecule has 4 rings (SSSR count). The third-order valence-corrected chi connectivity index (χ3v) is 4.98. The Bertz CT molecular complexity index is 850. The Hall–Kier alpha value is -2.67. The van der Waals surface area contributed by atoms with E-state index in [0.29, 0.717) is 17.2 Å². The number of carbonyl (C=O) groups is 2. The van der Waals surface area contributed by atoms with E-state index < -0.39 is 0 Å². The summed E-state index contributed by atoms with van der Waals surface area (Å²) >= 11 is 0. The summed E-state index contributed by atoms with van der Waals surface area (Å²) in [5.41, 5.74) is 8.03. The van der Waals surface area contributed by atoms with E-state index in [4.69, 9.17) is 10.3 Å². The Morgan fingerprint density at radius 2 is 1.96 bits per heavy atom. The van der Waals surface area contributed by atoms with E-state index in [1.807, 2.05) is 6.92 Å². The summed E-state index contributed by atoms with van der Waals surface area (Å²) in [6, 6.07) is 7.26. The van der Waals surface area contributed by atoms with E-state index >= 15 is 0 Å². The number of benzene rings is 1. The molecule has 2 aliphatic carbocycles.